The molecular weight excluding hydrogens is 239 g/mol. The van der Waals surface area contributed by atoms with Gasteiger partial charge in [0.05, 0.1) is 6.04 Å². The summed E-state index contributed by atoms with van der Waals surface area (Å²) in [5.74, 6) is -0.190. The van der Waals surface area contributed by atoms with Crippen LogP contribution in [0.25, 0.3) is 0 Å². The minimum Gasteiger partial charge on any atom is -0.307 e. The summed E-state index contributed by atoms with van der Waals surface area (Å²) in [5, 5.41) is 3.42. The van der Waals surface area contributed by atoms with Gasteiger partial charge in [-0.2, -0.15) is 0 Å². The van der Waals surface area contributed by atoms with E-state index in [2.05, 4.69) is 17.2 Å². The maximum Gasteiger partial charge on any atom is 0.123 e. The fourth-order valence-electron chi connectivity index (χ4n) is 2.35. The van der Waals surface area contributed by atoms with E-state index < -0.39 is 0 Å². The smallest absolute Gasteiger partial charge is 0.123 e. The Morgan fingerprint density at radius 3 is 2.68 bits per heavy atom. The lowest BCUT2D eigenvalue weighted by Crippen LogP contribution is -2.23. The van der Waals surface area contributed by atoms with Crippen molar-refractivity contribution in [2.75, 3.05) is 6.54 Å². The van der Waals surface area contributed by atoms with Crippen molar-refractivity contribution in [1.82, 2.24) is 10.3 Å². The van der Waals surface area contributed by atoms with Crippen LogP contribution in [0.1, 0.15) is 35.2 Å². The van der Waals surface area contributed by atoms with Crippen LogP contribution in [0, 0.1) is 19.7 Å². The number of pyridine rings is 1. The number of halogens is 1. The predicted molar refractivity (Wildman–Crippen MR) is 75.6 cm³/mol. The number of hydrogen-bond donors (Lipinski definition) is 1. The van der Waals surface area contributed by atoms with Crippen LogP contribution in [-0.2, 0) is 0 Å². The summed E-state index contributed by atoms with van der Waals surface area (Å²) < 4.78 is 13.6. The van der Waals surface area contributed by atoms with Crippen LogP contribution >= 0.6 is 0 Å². The van der Waals surface area contributed by atoms with E-state index in [9.17, 15) is 4.39 Å². The maximum atomic E-state index is 13.6. The highest BCUT2D eigenvalue weighted by molar-refractivity contribution is 5.37. The van der Waals surface area contributed by atoms with Crippen molar-refractivity contribution in [1.29, 1.82) is 0 Å². The fraction of sp³-hybridized carbons (Fsp3) is 0.312. The van der Waals surface area contributed by atoms with E-state index >= 15 is 0 Å². The molecule has 3 heteroatoms. The van der Waals surface area contributed by atoms with E-state index in [1.807, 2.05) is 32.2 Å². The van der Waals surface area contributed by atoms with Gasteiger partial charge in [0.25, 0.3) is 0 Å². The van der Waals surface area contributed by atoms with E-state index in [1.165, 1.54) is 0 Å². The molecule has 0 radical (unpaired) electrons. The van der Waals surface area contributed by atoms with Crippen molar-refractivity contribution < 1.29 is 4.39 Å². The van der Waals surface area contributed by atoms with Crippen molar-refractivity contribution in [3.05, 3.63) is 64.7 Å². The van der Waals surface area contributed by atoms with Crippen LogP contribution in [-0.4, -0.2) is 11.5 Å². The molecule has 1 N–H and O–H groups in total. The highest BCUT2D eigenvalue weighted by atomic mass is 19.1. The highest BCUT2D eigenvalue weighted by Gasteiger charge is 2.16. The minimum absolute atomic E-state index is 0.00222. The average Bonchev–Trinajstić information content (AvgIpc) is 2.36. The monoisotopic (exact) mass is 258 g/mol. The highest BCUT2D eigenvalue weighted by Crippen LogP contribution is 2.25. The molecule has 19 heavy (non-hydrogen) atoms. The number of rotatable bonds is 4. The first-order valence-corrected chi connectivity index (χ1v) is 6.52. The predicted octanol–water partition coefficient (Wildman–Crippen LogP) is 3.54. The Bertz CT molecular complexity index is 546. The molecule has 0 aliphatic rings. The molecule has 2 aromatic rings. The Kier molecular flexibility index (Phi) is 4.27. The van der Waals surface area contributed by atoms with E-state index in [-0.39, 0.29) is 11.9 Å². The molecule has 1 unspecified atom stereocenters. The Labute approximate surface area is 113 Å². The third kappa shape index (κ3) is 3.18. The summed E-state index contributed by atoms with van der Waals surface area (Å²) >= 11 is 0. The van der Waals surface area contributed by atoms with Crippen molar-refractivity contribution >= 4 is 0 Å². The van der Waals surface area contributed by atoms with Crippen LogP contribution in [0.2, 0.25) is 0 Å². The molecule has 1 aromatic carbocycles. The van der Waals surface area contributed by atoms with Crippen LogP contribution in [0.5, 0.6) is 0 Å². The number of hydrogen-bond acceptors (Lipinski definition) is 2. The third-order valence-corrected chi connectivity index (χ3v) is 3.18. The minimum atomic E-state index is -0.190. The molecule has 0 aliphatic carbocycles. The summed E-state index contributed by atoms with van der Waals surface area (Å²) in [5.41, 5.74) is 4.13. The largest absolute Gasteiger partial charge is 0.307 e. The first-order valence-electron chi connectivity index (χ1n) is 6.52. The summed E-state index contributed by atoms with van der Waals surface area (Å²) in [6.45, 7) is 6.81. The first-order chi connectivity index (χ1) is 9.11. The van der Waals surface area contributed by atoms with Gasteiger partial charge < -0.3 is 5.32 Å². The van der Waals surface area contributed by atoms with Gasteiger partial charge in [-0.3, -0.25) is 4.98 Å². The Morgan fingerprint density at radius 2 is 2.05 bits per heavy atom. The lowest BCUT2D eigenvalue weighted by atomic mass is 9.95. The molecule has 0 saturated carbocycles. The molecule has 2 nitrogen and oxygen atoms in total. The zero-order chi connectivity index (χ0) is 13.8. The molecule has 0 saturated heterocycles. The second-order valence-electron chi connectivity index (χ2n) is 4.78. The third-order valence-electron chi connectivity index (χ3n) is 3.18. The van der Waals surface area contributed by atoms with Gasteiger partial charge in [0.15, 0.2) is 0 Å². The number of nitrogens with one attached hydrogen (secondary N) is 1. The molecule has 2 rings (SSSR count). The van der Waals surface area contributed by atoms with Crippen molar-refractivity contribution in [2.45, 2.75) is 26.8 Å². The fourth-order valence-corrected chi connectivity index (χ4v) is 2.35. The van der Waals surface area contributed by atoms with Gasteiger partial charge in [-0.1, -0.05) is 13.0 Å². The zero-order valence-electron chi connectivity index (χ0n) is 11.6. The second kappa shape index (κ2) is 5.93. The summed E-state index contributed by atoms with van der Waals surface area (Å²) in [6.07, 6.45) is 3.62. The van der Waals surface area contributed by atoms with Gasteiger partial charge in [-0.05, 0) is 60.8 Å². The van der Waals surface area contributed by atoms with Crippen molar-refractivity contribution in [3.63, 3.8) is 0 Å². The van der Waals surface area contributed by atoms with E-state index in [0.717, 1.165) is 28.8 Å². The quantitative estimate of drug-likeness (QED) is 0.907. The molecule has 0 amide bonds. The lowest BCUT2D eigenvalue weighted by molar-refractivity contribution is 0.600. The lowest BCUT2D eigenvalue weighted by Gasteiger charge is -2.21. The average molecular weight is 258 g/mol. The van der Waals surface area contributed by atoms with Gasteiger partial charge >= 0.3 is 0 Å². The van der Waals surface area contributed by atoms with Gasteiger partial charge in [-0.25, -0.2) is 4.39 Å². The Morgan fingerprint density at radius 1 is 1.26 bits per heavy atom. The van der Waals surface area contributed by atoms with E-state index in [0.29, 0.717) is 0 Å². The molecule has 0 aliphatic heterocycles. The summed E-state index contributed by atoms with van der Waals surface area (Å²) in [6, 6.07) is 7.16. The van der Waals surface area contributed by atoms with Gasteiger partial charge in [0.2, 0.25) is 0 Å². The summed E-state index contributed by atoms with van der Waals surface area (Å²) in [7, 11) is 0. The van der Waals surface area contributed by atoms with E-state index in [1.54, 1.807) is 18.3 Å². The van der Waals surface area contributed by atoms with E-state index in [4.69, 9.17) is 0 Å². The molecular formula is C16H19FN2. The second-order valence-corrected chi connectivity index (χ2v) is 4.78. The Balaban J connectivity index is 2.48. The standard InChI is InChI=1S/C16H19FN2/c1-4-19-16(15-5-6-18-10-12(15)3)13-7-11(2)8-14(17)9-13/h5-10,16,19H,4H2,1-3H3. The zero-order valence-corrected chi connectivity index (χ0v) is 11.6. The van der Waals surface area contributed by atoms with Crippen LogP contribution in [0.4, 0.5) is 4.39 Å². The van der Waals surface area contributed by atoms with Gasteiger partial charge in [0.1, 0.15) is 5.82 Å². The number of nitrogens with zero attached hydrogens (tertiary/aromatic N) is 1. The van der Waals surface area contributed by atoms with Crippen LogP contribution in [0.3, 0.4) is 0 Å². The molecule has 0 spiro atoms. The van der Waals surface area contributed by atoms with Crippen LogP contribution in [0.15, 0.2) is 36.7 Å². The number of aromatic nitrogens is 1. The maximum absolute atomic E-state index is 13.6. The molecule has 0 fully saturated rings. The SMILES string of the molecule is CCNC(c1cc(C)cc(F)c1)c1ccncc1C. The normalized spacial score (nSPS) is 12.4. The molecule has 1 heterocycles. The van der Waals surface area contributed by atoms with Crippen molar-refractivity contribution in [2.24, 2.45) is 0 Å². The van der Waals surface area contributed by atoms with Crippen molar-refractivity contribution in [3.8, 4) is 0 Å². The topological polar surface area (TPSA) is 24.9 Å². The van der Waals surface area contributed by atoms with Gasteiger partial charge in [-0.15, -0.1) is 0 Å². The number of benzene rings is 1. The Hall–Kier alpha value is -1.74. The van der Waals surface area contributed by atoms with Crippen LogP contribution < -0.4 is 5.32 Å². The molecule has 1 aromatic heterocycles. The molecule has 1 atom stereocenters. The molecule has 100 valence electrons. The number of aryl methyl sites for hydroxylation is 2. The molecule has 0 bridgehead atoms. The van der Waals surface area contributed by atoms with Gasteiger partial charge in [0, 0.05) is 12.4 Å². The first kappa shape index (κ1) is 13.7. The summed E-state index contributed by atoms with van der Waals surface area (Å²) in [4.78, 5) is 4.11.